The van der Waals surface area contributed by atoms with E-state index in [0.29, 0.717) is 18.8 Å². The van der Waals surface area contributed by atoms with Gasteiger partial charge in [-0.3, -0.25) is 9.48 Å². The van der Waals surface area contributed by atoms with Crippen LogP contribution in [-0.2, 0) is 16.1 Å². The maximum absolute atomic E-state index is 11.6. The first kappa shape index (κ1) is 14.1. The van der Waals surface area contributed by atoms with Gasteiger partial charge in [0.15, 0.2) is 0 Å². The van der Waals surface area contributed by atoms with Crippen molar-refractivity contribution in [3.63, 3.8) is 0 Å². The first-order valence-electron chi connectivity index (χ1n) is 6.33. The minimum absolute atomic E-state index is 0.0933. The zero-order chi connectivity index (χ0) is 14.4. The number of nitrogen functional groups attached to an aromatic ring is 1. The zero-order valence-electron chi connectivity index (χ0n) is 11.4. The molecule has 2 rings (SSSR count). The van der Waals surface area contributed by atoms with Crippen LogP contribution in [0.4, 0.5) is 5.69 Å². The van der Waals surface area contributed by atoms with Crippen molar-refractivity contribution >= 4 is 11.6 Å². The minimum Gasteiger partial charge on any atom is -0.399 e. The Labute approximate surface area is 117 Å². The molecule has 0 unspecified atom stereocenters. The van der Waals surface area contributed by atoms with Crippen molar-refractivity contribution in [3.8, 4) is 11.1 Å². The molecular formula is C14H18N4O2. The maximum atomic E-state index is 11.6. The lowest BCUT2D eigenvalue weighted by atomic mass is 10.1. The number of hydrogen-bond acceptors (Lipinski definition) is 4. The van der Waals surface area contributed by atoms with Crippen LogP contribution in [0.25, 0.3) is 11.1 Å². The van der Waals surface area contributed by atoms with Gasteiger partial charge in [0.2, 0.25) is 5.91 Å². The molecule has 0 radical (unpaired) electrons. The number of hydrogen-bond donors (Lipinski definition) is 2. The van der Waals surface area contributed by atoms with E-state index in [1.54, 1.807) is 18.0 Å². The lowest BCUT2D eigenvalue weighted by Gasteiger charge is -2.04. The lowest BCUT2D eigenvalue weighted by molar-refractivity contribution is -0.122. The smallest absolute Gasteiger partial charge is 0.241 e. The van der Waals surface area contributed by atoms with E-state index in [0.717, 1.165) is 11.1 Å². The van der Waals surface area contributed by atoms with Crippen LogP contribution in [0, 0.1) is 0 Å². The molecule has 1 aromatic carbocycles. The molecule has 3 N–H and O–H groups in total. The van der Waals surface area contributed by atoms with Crippen molar-refractivity contribution in [3.05, 3.63) is 36.7 Å². The highest BCUT2D eigenvalue weighted by Crippen LogP contribution is 2.20. The number of amides is 1. The second-order valence-corrected chi connectivity index (χ2v) is 4.39. The second-order valence-electron chi connectivity index (χ2n) is 4.39. The topological polar surface area (TPSA) is 82.2 Å². The van der Waals surface area contributed by atoms with Gasteiger partial charge in [0, 0.05) is 31.1 Å². The van der Waals surface area contributed by atoms with Crippen LogP contribution in [0.1, 0.15) is 0 Å². The van der Waals surface area contributed by atoms with Crippen LogP contribution in [-0.4, -0.2) is 35.9 Å². The SMILES string of the molecule is COCCNC(=O)Cn1cc(-c2cccc(N)c2)cn1. The van der Waals surface area contributed by atoms with E-state index in [1.807, 2.05) is 30.5 Å². The predicted molar refractivity (Wildman–Crippen MR) is 77.0 cm³/mol. The average Bonchev–Trinajstić information content (AvgIpc) is 2.87. The number of nitrogens with one attached hydrogen (secondary N) is 1. The van der Waals surface area contributed by atoms with E-state index in [2.05, 4.69) is 10.4 Å². The largest absolute Gasteiger partial charge is 0.399 e. The number of rotatable bonds is 6. The van der Waals surface area contributed by atoms with Crippen molar-refractivity contribution in [2.45, 2.75) is 6.54 Å². The van der Waals surface area contributed by atoms with Crippen molar-refractivity contribution in [2.75, 3.05) is 26.0 Å². The van der Waals surface area contributed by atoms with Gasteiger partial charge in [-0.15, -0.1) is 0 Å². The monoisotopic (exact) mass is 274 g/mol. The van der Waals surface area contributed by atoms with Crippen LogP contribution in [0.5, 0.6) is 0 Å². The summed E-state index contributed by atoms with van der Waals surface area (Å²) in [6.07, 6.45) is 3.54. The highest BCUT2D eigenvalue weighted by atomic mass is 16.5. The molecule has 106 valence electrons. The molecule has 6 heteroatoms. The summed E-state index contributed by atoms with van der Waals surface area (Å²) in [6, 6.07) is 7.55. The Hall–Kier alpha value is -2.34. The van der Waals surface area contributed by atoms with Crippen LogP contribution in [0.2, 0.25) is 0 Å². The van der Waals surface area contributed by atoms with Gasteiger partial charge in [0.05, 0.1) is 12.8 Å². The molecular weight excluding hydrogens is 256 g/mol. The van der Waals surface area contributed by atoms with Gasteiger partial charge >= 0.3 is 0 Å². The molecule has 0 spiro atoms. The molecule has 0 fully saturated rings. The molecule has 20 heavy (non-hydrogen) atoms. The maximum Gasteiger partial charge on any atom is 0.241 e. The van der Waals surface area contributed by atoms with Gasteiger partial charge < -0.3 is 15.8 Å². The van der Waals surface area contributed by atoms with Crippen LogP contribution in [0.3, 0.4) is 0 Å². The Morgan fingerprint density at radius 2 is 2.30 bits per heavy atom. The lowest BCUT2D eigenvalue weighted by Crippen LogP contribution is -2.30. The molecule has 0 aliphatic carbocycles. The molecule has 1 aromatic heterocycles. The summed E-state index contributed by atoms with van der Waals surface area (Å²) in [7, 11) is 1.59. The van der Waals surface area contributed by atoms with Gasteiger partial charge in [-0.2, -0.15) is 5.10 Å². The Kier molecular flexibility index (Phi) is 4.73. The van der Waals surface area contributed by atoms with E-state index < -0.39 is 0 Å². The molecule has 0 saturated heterocycles. The molecule has 2 aromatic rings. The van der Waals surface area contributed by atoms with Crippen molar-refractivity contribution in [1.29, 1.82) is 0 Å². The molecule has 6 nitrogen and oxygen atoms in total. The standard InChI is InChI=1S/C14H18N4O2/c1-20-6-5-16-14(19)10-18-9-12(8-17-18)11-3-2-4-13(15)7-11/h2-4,7-9H,5-6,10,15H2,1H3,(H,16,19). The molecule has 0 saturated carbocycles. The summed E-state index contributed by atoms with van der Waals surface area (Å²) in [5.41, 5.74) is 8.36. The number of carbonyl (C=O) groups is 1. The van der Waals surface area contributed by atoms with Gasteiger partial charge in [-0.05, 0) is 17.7 Å². The molecule has 1 heterocycles. The van der Waals surface area contributed by atoms with Gasteiger partial charge in [-0.25, -0.2) is 0 Å². The first-order valence-corrected chi connectivity index (χ1v) is 6.33. The molecule has 0 aliphatic heterocycles. The fourth-order valence-corrected chi connectivity index (χ4v) is 1.81. The summed E-state index contributed by atoms with van der Waals surface area (Å²) in [6.45, 7) is 1.18. The van der Waals surface area contributed by atoms with Crippen molar-refractivity contribution in [1.82, 2.24) is 15.1 Å². The number of methoxy groups -OCH3 is 1. The number of anilines is 1. The summed E-state index contributed by atoms with van der Waals surface area (Å²) in [5, 5.41) is 6.92. The summed E-state index contributed by atoms with van der Waals surface area (Å²) in [5.74, 6) is -0.0933. The quantitative estimate of drug-likeness (QED) is 0.605. The van der Waals surface area contributed by atoms with E-state index >= 15 is 0 Å². The third-order valence-corrected chi connectivity index (χ3v) is 2.79. The third-order valence-electron chi connectivity index (χ3n) is 2.79. The number of benzene rings is 1. The van der Waals surface area contributed by atoms with E-state index in [-0.39, 0.29) is 12.5 Å². The summed E-state index contributed by atoms with van der Waals surface area (Å²) in [4.78, 5) is 11.6. The Bertz CT molecular complexity index is 580. The van der Waals surface area contributed by atoms with Gasteiger partial charge in [-0.1, -0.05) is 12.1 Å². The van der Waals surface area contributed by atoms with Crippen LogP contribution < -0.4 is 11.1 Å². The minimum atomic E-state index is -0.0933. The number of nitrogens with two attached hydrogens (primary N) is 1. The Morgan fingerprint density at radius 3 is 3.05 bits per heavy atom. The fraction of sp³-hybridized carbons (Fsp3) is 0.286. The first-order chi connectivity index (χ1) is 9.69. The summed E-state index contributed by atoms with van der Waals surface area (Å²) < 4.78 is 6.46. The molecule has 0 bridgehead atoms. The van der Waals surface area contributed by atoms with E-state index in [4.69, 9.17) is 10.5 Å². The Balaban J connectivity index is 1.97. The number of ether oxygens (including phenoxy) is 1. The third kappa shape index (κ3) is 3.83. The normalized spacial score (nSPS) is 10.4. The summed E-state index contributed by atoms with van der Waals surface area (Å²) >= 11 is 0. The fourth-order valence-electron chi connectivity index (χ4n) is 1.81. The molecule has 0 aliphatic rings. The zero-order valence-corrected chi connectivity index (χ0v) is 11.4. The van der Waals surface area contributed by atoms with Crippen molar-refractivity contribution < 1.29 is 9.53 Å². The van der Waals surface area contributed by atoms with Crippen LogP contribution >= 0.6 is 0 Å². The Morgan fingerprint density at radius 1 is 1.45 bits per heavy atom. The number of nitrogens with zero attached hydrogens (tertiary/aromatic N) is 2. The predicted octanol–water partition coefficient (Wildman–Crippen LogP) is 0.895. The van der Waals surface area contributed by atoms with Gasteiger partial charge in [0.1, 0.15) is 6.54 Å². The number of carbonyl (C=O) groups excluding carboxylic acids is 1. The molecule has 0 atom stereocenters. The second kappa shape index (κ2) is 6.72. The van der Waals surface area contributed by atoms with E-state index in [9.17, 15) is 4.79 Å². The van der Waals surface area contributed by atoms with Crippen molar-refractivity contribution in [2.24, 2.45) is 0 Å². The van der Waals surface area contributed by atoms with E-state index in [1.165, 1.54) is 0 Å². The highest BCUT2D eigenvalue weighted by Gasteiger charge is 2.06. The van der Waals surface area contributed by atoms with Crippen LogP contribution in [0.15, 0.2) is 36.7 Å². The average molecular weight is 274 g/mol. The molecule has 1 amide bonds. The highest BCUT2D eigenvalue weighted by molar-refractivity contribution is 5.75. The van der Waals surface area contributed by atoms with Gasteiger partial charge in [0.25, 0.3) is 0 Å². The number of aromatic nitrogens is 2.